The number of ether oxygens (including phenoxy) is 2. The van der Waals surface area contributed by atoms with E-state index in [9.17, 15) is 4.79 Å². The van der Waals surface area contributed by atoms with Crippen LogP contribution in [0.4, 0.5) is 0 Å². The maximum absolute atomic E-state index is 12.0. The van der Waals surface area contributed by atoms with Crippen molar-refractivity contribution in [2.24, 2.45) is 0 Å². The van der Waals surface area contributed by atoms with Crippen molar-refractivity contribution in [2.75, 3.05) is 32.0 Å². The van der Waals surface area contributed by atoms with Gasteiger partial charge in [-0.05, 0) is 42.9 Å². The van der Waals surface area contributed by atoms with Crippen molar-refractivity contribution in [1.82, 2.24) is 10.3 Å². The van der Waals surface area contributed by atoms with Crippen molar-refractivity contribution in [2.45, 2.75) is 23.9 Å². The molecule has 0 aliphatic heterocycles. The molecular formula is C20H25ClN2O3S2. The Kier molecular flexibility index (Phi) is 9.44. The number of benzene rings is 1. The van der Waals surface area contributed by atoms with Crippen LogP contribution in [0.3, 0.4) is 0 Å². The summed E-state index contributed by atoms with van der Waals surface area (Å²) in [6.07, 6.45) is 4.71. The molecule has 0 saturated carbocycles. The third kappa shape index (κ3) is 6.58. The number of pyridine rings is 1. The minimum atomic E-state index is -0.386. The third-order valence-electron chi connectivity index (χ3n) is 4.06. The highest BCUT2D eigenvalue weighted by Crippen LogP contribution is 2.26. The van der Waals surface area contributed by atoms with E-state index < -0.39 is 0 Å². The molecule has 5 nitrogen and oxygen atoms in total. The summed E-state index contributed by atoms with van der Waals surface area (Å²) in [7, 11) is 1.40. The van der Waals surface area contributed by atoms with Gasteiger partial charge in [0.05, 0.1) is 12.6 Å². The molecule has 28 heavy (non-hydrogen) atoms. The Morgan fingerprint density at radius 3 is 2.79 bits per heavy atom. The van der Waals surface area contributed by atoms with Crippen molar-refractivity contribution < 1.29 is 14.3 Å². The summed E-state index contributed by atoms with van der Waals surface area (Å²) in [5, 5.41) is 4.67. The summed E-state index contributed by atoms with van der Waals surface area (Å²) < 4.78 is 10.7. The number of esters is 1. The van der Waals surface area contributed by atoms with Gasteiger partial charge < -0.3 is 14.8 Å². The van der Waals surface area contributed by atoms with Crippen molar-refractivity contribution in [1.29, 1.82) is 0 Å². The van der Waals surface area contributed by atoms with Gasteiger partial charge in [-0.3, -0.25) is 4.79 Å². The van der Waals surface area contributed by atoms with Gasteiger partial charge in [0.1, 0.15) is 12.6 Å². The molecule has 0 aliphatic rings. The van der Waals surface area contributed by atoms with Gasteiger partial charge in [-0.25, -0.2) is 4.98 Å². The normalized spacial score (nSPS) is 12.0. The maximum atomic E-state index is 12.0. The smallest absolute Gasteiger partial charge is 0.322 e. The number of nitrogens with one attached hydrogen (secondary N) is 1. The molecule has 8 heteroatoms. The second-order valence-electron chi connectivity index (χ2n) is 6.06. The van der Waals surface area contributed by atoms with Crippen LogP contribution in [0.1, 0.15) is 12.0 Å². The van der Waals surface area contributed by atoms with Gasteiger partial charge >= 0.3 is 5.97 Å². The Labute approximate surface area is 179 Å². The number of fused-ring (bicyclic) bond motifs is 1. The molecule has 0 saturated heterocycles. The van der Waals surface area contributed by atoms with Gasteiger partial charge in [-0.15, -0.1) is 11.8 Å². The molecule has 0 spiro atoms. The predicted molar refractivity (Wildman–Crippen MR) is 120 cm³/mol. The molecule has 1 aromatic heterocycles. The number of carbonyl (C=O) groups excluding carboxylic acids is 1. The quantitative estimate of drug-likeness (QED) is 0.408. The van der Waals surface area contributed by atoms with Crippen molar-refractivity contribution in [3.05, 3.63) is 41.4 Å². The maximum Gasteiger partial charge on any atom is 0.322 e. The molecule has 1 N–H and O–H groups in total. The first-order valence-electron chi connectivity index (χ1n) is 8.72. The molecule has 1 aromatic carbocycles. The van der Waals surface area contributed by atoms with Crippen LogP contribution in [0.5, 0.6) is 5.88 Å². The van der Waals surface area contributed by atoms with Crippen LogP contribution in [0.2, 0.25) is 0 Å². The zero-order valence-corrected chi connectivity index (χ0v) is 18.7. The number of aromatic nitrogens is 1. The molecule has 152 valence electrons. The summed E-state index contributed by atoms with van der Waals surface area (Å²) >= 11 is 9.21. The number of halogens is 1. The van der Waals surface area contributed by atoms with E-state index in [-0.39, 0.29) is 18.6 Å². The molecule has 0 amide bonds. The first-order valence-corrected chi connectivity index (χ1v) is 11.7. The van der Waals surface area contributed by atoms with E-state index in [1.165, 1.54) is 7.11 Å². The molecule has 0 bridgehead atoms. The Balaban J connectivity index is 2.29. The summed E-state index contributed by atoms with van der Waals surface area (Å²) in [4.78, 5) is 17.8. The fraction of sp³-hybridized carbons (Fsp3) is 0.400. The van der Waals surface area contributed by atoms with Gasteiger partial charge in [0.25, 0.3) is 0 Å². The van der Waals surface area contributed by atoms with Gasteiger partial charge in [-0.1, -0.05) is 24.2 Å². The topological polar surface area (TPSA) is 60.5 Å². The molecule has 2 rings (SSSR count). The fourth-order valence-corrected chi connectivity index (χ4v) is 3.57. The Morgan fingerprint density at radius 2 is 2.14 bits per heavy atom. The lowest BCUT2D eigenvalue weighted by molar-refractivity contribution is -0.143. The van der Waals surface area contributed by atoms with E-state index in [2.05, 4.69) is 22.9 Å². The minimum Gasteiger partial charge on any atom is -0.472 e. The molecular weight excluding hydrogens is 416 g/mol. The Hall–Kier alpha value is -1.41. The minimum absolute atomic E-state index is 0.169. The van der Waals surface area contributed by atoms with Crippen LogP contribution < -0.4 is 10.1 Å². The summed E-state index contributed by atoms with van der Waals surface area (Å²) in [5.74, 6) is 1.06. The lowest BCUT2D eigenvalue weighted by Gasteiger charge is -2.18. The predicted octanol–water partition coefficient (Wildman–Crippen LogP) is 4.47. The first-order chi connectivity index (χ1) is 13.5. The standard InChI is InChI=1S/C20H25ClN2O3S2/c1-13(21)12-26-19-15(11-22-17(7-8-27-3)20(24)25-2)9-14-5-6-16(28-4)10-18(14)23-19/h5-6,9-10,17,22H,1,7-8,11-12H2,2-4H3. The number of hydrogen-bond donors (Lipinski definition) is 1. The second-order valence-corrected chi connectivity index (χ2v) is 8.46. The van der Waals surface area contributed by atoms with E-state index in [0.717, 1.165) is 27.1 Å². The largest absolute Gasteiger partial charge is 0.472 e. The molecule has 1 heterocycles. The van der Waals surface area contributed by atoms with Crippen LogP contribution in [-0.2, 0) is 16.1 Å². The number of hydrogen-bond acceptors (Lipinski definition) is 7. The SMILES string of the molecule is C=C(Cl)COc1nc2cc(SC)ccc2cc1CNC(CCSC)C(=O)OC. The summed E-state index contributed by atoms with van der Waals surface area (Å²) in [6.45, 7) is 4.25. The van der Waals surface area contributed by atoms with Crippen LogP contribution in [0.15, 0.2) is 40.8 Å². The molecule has 0 fully saturated rings. The second kappa shape index (κ2) is 11.6. The molecule has 0 aliphatic carbocycles. The van der Waals surface area contributed by atoms with Crippen LogP contribution >= 0.6 is 35.1 Å². The average Bonchev–Trinajstić information content (AvgIpc) is 2.70. The number of thioether (sulfide) groups is 2. The van der Waals surface area contributed by atoms with Crippen molar-refractivity contribution in [3.63, 3.8) is 0 Å². The molecule has 2 aromatic rings. The van der Waals surface area contributed by atoms with Gasteiger partial charge in [0.2, 0.25) is 5.88 Å². The van der Waals surface area contributed by atoms with Gasteiger partial charge in [0, 0.05) is 27.4 Å². The van der Waals surface area contributed by atoms with E-state index in [0.29, 0.717) is 23.9 Å². The average molecular weight is 441 g/mol. The van der Waals surface area contributed by atoms with Gasteiger partial charge in [0.15, 0.2) is 0 Å². The number of nitrogens with zero attached hydrogens (tertiary/aromatic N) is 1. The van der Waals surface area contributed by atoms with E-state index in [4.69, 9.17) is 21.1 Å². The highest BCUT2D eigenvalue weighted by molar-refractivity contribution is 7.98. The van der Waals surface area contributed by atoms with Crippen molar-refractivity contribution in [3.8, 4) is 5.88 Å². The Morgan fingerprint density at radius 1 is 1.36 bits per heavy atom. The zero-order chi connectivity index (χ0) is 20.5. The molecule has 1 unspecified atom stereocenters. The summed E-state index contributed by atoms with van der Waals surface area (Å²) in [6, 6.07) is 7.75. The van der Waals surface area contributed by atoms with Crippen LogP contribution in [0.25, 0.3) is 10.9 Å². The number of rotatable bonds is 11. The monoisotopic (exact) mass is 440 g/mol. The van der Waals surface area contributed by atoms with E-state index >= 15 is 0 Å². The van der Waals surface area contributed by atoms with Gasteiger partial charge in [-0.2, -0.15) is 11.8 Å². The summed E-state index contributed by atoms with van der Waals surface area (Å²) in [5.41, 5.74) is 1.69. The van der Waals surface area contributed by atoms with E-state index in [1.807, 2.05) is 30.7 Å². The van der Waals surface area contributed by atoms with Crippen molar-refractivity contribution >= 4 is 52.0 Å². The van der Waals surface area contributed by atoms with E-state index in [1.54, 1.807) is 23.5 Å². The fourth-order valence-electron chi connectivity index (χ4n) is 2.61. The third-order valence-corrected chi connectivity index (χ3v) is 5.54. The zero-order valence-electron chi connectivity index (χ0n) is 16.3. The Bertz CT molecular complexity index is 832. The lowest BCUT2D eigenvalue weighted by atomic mass is 10.1. The lowest BCUT2D eigenvalue weighted by Crippen LogP contribution is -2.37. The highest BCUT2D eigenvalue weighted by Gasteiger charge is 2.19. The number of methoxy groups -OCH3 is 1. The first kappa shape index (κ1) is 22.9. The number of carbonyl (C=O) groups is 1. The molecule has 1 atom stereocenters. The van der Waals surface area contributed by atoms with Crippen LogP contribution in [0, 0.1) is 0 Å². The highest BCUT2D eigenvalue weighted by atomic mass is 35.5. The van der Waals surface area contributed by atoms with Crippen LogP contribution in [-0.4, -0.2) is 49.0 Å². The molecule has 0 radical (unpaired) electrons.